The Bertz CT molecular complexity index is 1630. The van der Waals surface area contributed by atoms with Crippen molar-refractivity contribution in [3.8, 4) is 0 Å². The fourth-order valence-electron chi connectivity index (χ4n) is 7.85. The molecule has 11 N–H and O–H groups in total. The molecular formula is C47H72O17. The lowest BCUT2D eigenvalue weighted by Gasteiger charge is -2.45. The van der Waals surface area contributed by atoms with Crippen LogP contribution in [0.25, 0.3) is 0 Å². The van der Waals surface area contributed by atoms with Gasteiger partial charge in [-0.1, -0.05) is 98.9 Å². The maximum absolute atomic E-state index is 12.6. The van der Waals surface area contributed by atoms with Crippen LogP contribution in [0.4, 0.5) is 0 Å². The monoisotopic (exact) mass is 908 g/mol. The summed E-state index contributed by atoms with van der Waals surface area (Å²) < 4.78 is 23.2. The normalized spacial score (nSPS) is 44.8. The Morgan fingerprint density at radius 1 is 0.625 bits per heavy atom. The lowest BCUT2D eigenvalue weighted by atomic mass is 9.82. The Labute approximate surface area is 375 Å². The molecule has 17 nitrogen and oxygen atoms in total. The van der Waals surface area contributed by atoms with Gasteiger partial charge in [-0.25, -0.2) is 0 Å². The van der Waals surface area contributed by atoms with Crippen LogP contribution in [-0.4, -0.2) is 160 Å². The maximum Gasteiger partial charge on any atom is 0.311 e. The van der Waals surface area contributed by atoms with Crippen LogP contribution >= 0.6 is 0 Å². The lowest BCUT2D eigenvalue weighted by Crippen LogP contribution is -2.56. The molecule has 2 saturated heterocycles. The molecule has 0 aromatic rings. The van der Waals surface area contributed by atoms with Crippen molar-refractivity contribution in [3.05, 3.63) is 85.1 Å². The second-order valence-corrected chi connectivity index (χ2v) is 17.4. The second kappa shape index (κ2) is 27.3. The van der Waals surface area contributed by atoms with Crippen LogP contribution in [0.15, 0.2) is 85.1 Å². The Morgan fingerprint density at radius 2 is 1.20 bits per heavy atom. The number of carbonyl (C=O) groups is 2. The Balaban J connectivity index is 1.84. The molecule has 0 amide bonds. The minimum Gasteiger partial charge on any atom is -0.481 e. The summed E-state index contributed by atoms with van der Waals surface area (Å²) in [6.07, 6.45) is 4.72. The Morgan fingerprint density at radius 3 is 1.80 bits per heavy atom. The smallest absolute Gasteiger partial charge is 0.311 e. The van der Waals surface area contributed by atoms with Crippen LogP contribution in [0.1, 0.15) is 85.5 Å². The molecule has 64 heavy (non-hydrogen) atoms. The molecule has 3 rings (SSSR count). The highest BCUT2D eigenvalue weighted by molar-refractivity contribution is 5.71. The van der Waals surface area contributed by atoms with Crippen molar-refractivity contribution in [2.75, 3.05) is 0 Å². The third-order valence-electron chi connectivity index (χ3n) is 11.8. The second-order valence-electron chi connectivity index (χ2n) is 17.4. The summed E-state index contributed by atoms with van der Waals surface area (Å²) in [7, 11) is 0. The van der Waals surface area contributed by atoms with Crippen molar-refractivity contribution in [1.82, 2.24) is 0 Å². The van der Waals surface area contributed by atoms with Gasteiger partial charge in [-0.15, -0.1) is 0 Å². The number of cyclic esters (lactones) is 1. The Kier molecular flexibility index (Phi) is 23.4. The van der Waals surface area contributed by atoms with E-state index < -0.39 is 141 Å². The number of aliphatic carboxylic acids is 1. The van der Waals surface area contributed by atoms with Crippen LogP contribution < -0.4 is 0 Å². The quantitative estimate of drug-likeness (QED) is 0.180. The molecular weight excluding hydrogens is 837 g/mol. The third-order valence-corrected chi connectivity index (χ3v) is 11.8. The maximum atomic E-state index is 12.6. The molecule has 3 heterocycles. The number of carbonyl (C=O) groups excluding carboxylic acids is 1. The van der Waals surface area contributed by atoms with Crippen molar-refractivity contribution < 1.29 is 84.7 Å². The summed E-state index contributed by atoms with van der Waals surface area (Å²) in [5, 5.41) is 118. The molecule has 18 atom stereocenters. The molecule has 1 unspecified atom stereocenters. The van der Waals surface area contributed by atoms with Crippen molar-refractivity contribution in [2.24, 2.45) is 17.8 Å². The van der Waals surface area contributed by atoms with Gasteiger partial charge in [0.1, 0.15) is 18.1 Å². The lowest BCUT2D eigenvalue weighted by molar-refractivity contribution is -0.307. The van der Waals surface area contributed by atoms with Crippen LogP contribution in [-0.2, 0) is 28.5 Å². The number of aliphatic hydroxyl groups excluding tert-OH is 9. The molecule has 0 radical (unpaired) electrons. The van der Waals surface area contributed by atoms with Gasteiger partial charge in [0.05, 0.1) is 73.6 Å². The van der Waals surface area contributed by atoms with E-state index in [0.717, 1.165) is 0 Å². The number of fused-ring (bicyclic) bond motifs is 2. The summed E-state index contributed by atoms with van der Waals surface area (Å²) in [5.41, 5.74) is 0. The van der Waals surface area contributed by atoms with Crippen molar-refractivity contribution >= 4 is 11.9 Å². The van der Waals surface area contributed by atoms with E-state index in [4.69, 9.17) is 18.9 Å². The SMILES string of the molecule is C[C@@H]1[C@H](O)[C@@H](C)/C=C/C=C/C=C/C=C/C=C/C=C/C=C/[C@H](O[C@@H]2O[C@H](C)[C@@H](O)C[C@H]2O)C[C@@H]2O[C@](O)(C[C@@H](O)C[C@@H](O)C(O)CC[C@@H](O)C[C@@H](O)CC(=O)O[C@H]1C)C[C@H](O)[C@H]2C(=O)O. The average molecular weight is 909 g/mol. The predicted octanol–water partition coefficient (Wildman–Crippen LogP) is 1.77. The number of carboxylic acids is 1. The van der Waals surface area contributed by atoms with Gasteiger partial charge >= 0.3 is 11.9 Å². The van der Waals surface area contributed by atoms with Gasteiger partial charge in [0, 0.05) is 43.9 Å². The van der Waals surface area contributed by atoms with E-state index in [2.05, 4.69) is 0 Å². The van der Waals surface area contributed by atoms with E-state index in [0.29, 0.717) is 0 Å². The fraction of sp³-hybridized carbons (Fsp3) is 0.660. The zero-order chi connectivity index (χ0) is 47.6. The zero-order valence-electron chi connectivity index (χ0n) is 37.1. The van der Waals surface area contributed by atoms with E-state index in [1.165, 1.54) is 0 Å². The third kappa shape index (κ3) is 18.8. The number of hydrogen-bond acceptors (Lipinski definition) is 16. The zero-order valence-corrected chi connectivity index (χ0v) is 37.1. The topological polar surface area (TPSA) is 294 Å². The largest absolute Gasteiger partial charge is 0.481 e. The minimum atomic E-state index is -2.30. The first-order valence-corrected chi connectivity index (χ1v) is 22.1. The number of esters is 1. The molecule has 3 aliphatic rings. The average Bonchev–Trinajstić information content (AvgIpc) is 3.19. The van der Waals surface area contributed by atoms with E-state index in [1.54, 1.807) is 75.5 Å². The van der Waals surface area contributed by atoms with Crippen molar-refractivity contribution in [3.63, 3.8) is 0 Å². The summed E-state index contributed by atoms with van der Waals surface area (Å²) in [4.78, 5) is 25.0. The van der Waals surface area contributed by atoms with Gasteiger partial charge in [-0.05, 0) is 33.1 Å². The van der Waals surface area contributed by atoms with E-state index >= 15 is 0 Å². The number of carboxylic acid groups (broad SMARTS) is 1. The molecule has 17 heteroatoms. The van der Waals surface area contributed by atoms with Crippen LogP contribution in [0.3, 0.4) is 0 Å². The summed E-state index contributed by atoms with van der Waals surface area (Å²) in [5.74, 6) is -6.74. The molecule has 2 bridgehead atoms. The summed E-state index contributed by atoms with van der Waals surface area (Å²) >= 11 is 0. The predicted molar refractivity (Wildman–Crippen MR) is 234 cm³/mol. The van der Waals surface area contributed by atoms with Gasteiger partial charge in [0.2, 0.25) is 0 Å². The highest BCUT2D eigenvalue weighted by Gasteiger charge is 2.50. The number of rotatable bonds is 3. The van der Waals surface area contributed by atoms with Crippen LogP contribution in [0, 0.1) is 17.8 Å². The molecule has 0 aliphatic carbocycles. The molecule has 0 aromatic carbocycles. The summed E-state index contributed by atoms with van der Waals surface area (Å²) in [6.45, 7) is 6.82. The van der Waals surface area contributed by atoms with E-state index in [-0.39, 0.29) is 38.0 Å². The first-order chi connectivity index (χ1) is 30.2. The highest BCUT2D eigenvalue weighted by Crippen LogP contribution is 2.38. The first kappa shape index (κ1) is 54.9. The van der Waals surface area contributed by atoms with E-state index in [1.807, 2.05) is 37.3 Å². The fourth-order valence-corrected chi connectivity index (χ4v) is 7.85. The van der Waals surface area contributed by atoms with Crippen molar-refractivity contribution in [2.45, 2.75) is 177 Å². The van der Waals surface area contributed by atoms with Gasteiger partial charge in [-0.2, -0.15) is 0 Å². The van der Waals surface area contributed by atoms with Gasteiger partial charge in [0.25, 0.3) is 0 Å². The highest BCUT2D eigenvalue weighted by atomic mass is 16.7. The molecule has 0 saturated carbocycles. The molecule has 3 aliphatic heterocycles. The molecule has 0 aromatic heterocycles. The number of hydrogen-bond donors (Lipinski definition) is 11. The first-order valence-electron chi connectivity index (χ1n) is 22.1. The number of allylic oxidation sites excluding steroid dienone is 12. The molecule has 362 valence electrons. The summed E-state index contributed by atoms with van der Waals surface area (Å²) in [6, 6.07) is 0. The number of aliphatic hydroxyl groups is 10. The van der Waals surface area contributed by atoms with Gasteiger partial charge in [0.15, 0.2) is 12.1 Å². The standard InChI is InChI=1S/C47H72O17/c1-28-17-15-13-11-9-7-5-6-8-10-12-14-16-18-35(63-46-39(54)25-37(52)31(4)62-46)24-41-43(45(58)59)40(55)27-47(60,64-41)26-34(50)22-38(53)36(51)20-19-32(48)21-33(49)23-42(56)61-30(3)29(2)44(28)57/h5-18,28-41,43-44,46,48-55,57,60H,19-27H2,1-4H3,(H,58,59)/b6-5+,9-7+,10-8+,13-11+,14-12+,17-15+,18-16+/t28-,29-,30-,31+,32+,33+,34-,35-,36?,37-,38+,39+,40-,41-,43+,44+,46-,47+/m0/s1. The molecule has 0 spiro atoms. The number of ether oxygens (including phenoxy) is 4. The minimum absolute atomic E-state index is 0.0532. The Hall–Kier alpha value is -3.40. The van der Waals surface area contributed by atoms with Gasteiger partial charge in [-0.3, -0.25) is 9.59 Å². The van der Waals surface area contributed by atoms with Gasteiger partial charge < -0.3 is 75.1 Å². The van der Waals surface area contributed by atoms with Crippen molar-refractivity contribution in [1.29, 1.82) is 0 Å². The van der Waals surface area contributed by atoms with Crippen LogP contribution in [0.5, 0.6) is 0 Å². The van der Waals surface area contributed by atoms with Crippen LogP contribution in [0.2, 0.25) is 0 Å². The molecule has 2 fully saturated rings. The van der Waals surface area contributed by atoms with E-state index in [9.17, 15) is 65.8 Å².